The van der Waals surface area contributed by atoms with Crippen LogP contribution in [-0.4, -0.2) is 34.7 Å². The maximum Gasteiger partial charge on any atom is 0.341 e. The molecule has 3 aromatic heterocycles. The van der Waals surface area contributed by atoms with E-state index in [2.05, 4.69) is 15.3 Å². The number of thioether (sulfide) groups is 1. The van der Waals surface area contributed by atoms with E-state index in [4.69, 9.17) is 4.74 Å². The highest BCUT2D eigenvalue weighted by atomic mass is 32.2. The highest BCUT2D eigenvalue weighted by Crippen LogP contribution is 2.40. The van der Waals surface area contributed by atoms with Gasteiger partial charge in [0.15, 0.2) is 0 Å². The maximum absolute atomic E-state index is 12.6. The molecule has 0 fully saturated rings. The summed E-state index contributed by atoms with van der Waals surface area (Å²) < 4.78 is 4.87. The fraction of sp³-hybridized carbons (Fsp3) is 0.400. The van der Waals surface area contributed by atoms with E-state index in [1.165, 1.54) is 47.1 Å². The van der Waals surface area contributed by atoms with Crippen LogP contribution in [0.1, 0.15) is 43.5 Å². The monoisotopic (exact) mass is 447 g/mol. The number of amides is 1. The number of ether oxygens (including phenoxy) is 1. The second-order valence-electron chi connectivity index (χ2n) is 6.93. The molecule has 0 aromatic carbocycles. The number of aromatic nitrogens is 2. The summed E-state index contributed by atoms with van der Waals surface area (Å²) >= 11 is 4.57. The Balaban J connectivity index is 1.54. The molecule has 6 nitrogen and oxygen atoms in total. The third kappa shape index (κ3) is 3.78. The zero-order valence-corrected chi connectivity index (χ0v) is 19.1. The lowest BCUT2D eigenvalue weighted by Crippen LogP contribution is -2.16. The summed E-state index contributed by atoms with van der Waals surface area (Å²) in [7, 11) is 1.35. The molecule has 3 heterocycles. The highest BCUT2D eigenvalue weighted by molar-refractivity contribution is 8.00. The maximum atomic E-state index is 12.6. The van der Waals surface area contributed by atoms with Crippen LogP contribution in [0.5, 0.6) is 0 Å². The van der Waals surface area contributed by atoms with Crippen molar-refractivity contribution in [1.82, 2.24) is 9.97 Å². The van der Waals surface area contributed by atoms with Crippen molar-refractivity contribution < 1.29 is 14.3 Å². The Bertz CT molecular complexity index is 1130. The van der Waals surface area contributed by atoms with Crippen LogP contribution in [0.3, 0.4) is 0 Å². The summed E-state index contributed by atoms with van der Waals surface area (Å²) in [5.41, 5.74) is 2.63. The minimum atomic E-state index is -0.434. The molecule has 0 saturated heterocycles. The van der Waals surface area contributed by atoms with Crippen LogP contribution in [0, 0.1) is 20.8 Å². The number of hydrogen-bond acceptors (Lipinski definition) is 8. The molecule has 1 amide bonds. The zero-order valence-electron chi connectivity index (χ0n) is 16.7. The number of carbonyl (C=O) groups excluding carboxylic acids is 2. The normalized spacial score (nSPS) is 13.0. The molecular weight excluding hydrogens is 426 g/mol. The van der Waals surface area contributed by atoms with E-state index in [-0.39, 0.29) is 11.7 Å². The van der Waals surface area contributed by atoms with Gasteiger partial charge in [0.25, 0.3) is 0 Å². The predicted octanol–water partition coefficient (Wildman–Crippen LogP) is 4.68. The highest BCUT2D eigenvalue weighted by Gasteiger charge is 2.24. The molecule has 1 aliphatic carbocycles. The number of thiophene rings is 2. The SMILES string of the molecule is COC(=O)c1c(NC(=O)CSc2nc(C)nc3sc4c(c23)CCC4)sc(C)c1C. The summed E-state index contributed by atoms with van der Waals surface area (Å²) in [5, 5.41) is 5.41. The van der Waals surface area contributed by atoms with Crippen LogP contribution >= 0.6 is 34.4 Å². The number of nitrogens with one attached hydrogen (secondary N) is 1. The molecule has 9 heteroatoms. The number of hydrogen-bond donors (Lipinski definition) is 1. The Hall–Kier alpha value is -1.97. The van der Waals surface area contributed by atoms with Crippen molar-refractivity contribution >= 4 is 61.5 Å². The third-order valence-corrected chi connectivity index (χ3v) is 8.29. The molecule has 0 unspecified atom stereocenters. The topological polar surface area (TPSA) is 81.2 Å². The van der Waals surface area contributed by atoms with Crippen LogP contribution in [0.25, 0.3) is 10.2 Å². The van der Waals surface area contributed by atoms with E-state index in [0.717, 1.165) is 44.3 Å². The number of anilines is 1. The van der Waals surface area contributed by atoms with Gasteiger partial charge in [-0.3, -0.25) is 4.79 Å². The summed E-state index contributed by atoms with van der Waals surface area (Å²) in [4.78, 5) is 37.4. The van der Waals surface area contributed by atoms with Gasteiger partial charge in [-0.2, -0.15) is 0 Å². The van der Waals surface area contributed by atoms with Gasteiger partial charge >= 0.3 is 5.97 Å². The van der Waals surface area contributed by atoms with E-state index in [1.807, 2.05) is 20.8 Å². The van der Waals surface area contributed by atoms with Gasteiger partial charge in [0.1, 0.15) is 20.7 Å². The van der Waals surface area contributed by atoms with E-state index in [0.29, 0.717) is 10.6 Å². The van der Waals surface area contributed by atoms with Crippen molar-refractivity contribution in [2.24, 2.45) is 0 Å². The smallest absolute Gasteiger partial charge is 0.341 e. The van der Waals surface area contributed by atoms with Gasteiger partial charge in [0.2, 0.25) is 5.91 Å². The lowest BCUT2D eigenvalue weighted by atomic mass is 10.1. The Labute approximate surface area is 181 Å². The fourth-order valence-electron chi connectivity index (χ4n) is 3.53. The van der Waals surface area contributed by atoms with Crippen LogP contribution in [0.4, 0.5) is 5.00 Å². The van der Waals surface area contributed by atoms with Crippen LogP contribution < -0.4 is 5.32 Å². The number of methoxy groups -OCH3 is 1. The first-order chi connectivity index (χ1) is 13.9. The second-order valence-corrected chi connectivity index (χ2v) is 10.2. The number of fused-ring (bicyclic) bond motifs is 3. The van der Waals surface area contributed by atoms with Gasteiger partial charge in [-0.15, -0.1) is 22.7 Å². The molecule has 4 rings (SSSR count). The number of aryl methyl sites for hydroxylation is 4. The lowest BCUT2D eigenvalue weighted by molar-refractivity contribution is -0.113. The number of esters is 1. The summed E-state index contributed by atoms with van der Waals surface area (Å²) in [6.45, 7) is 5.67. The summed E-state index contributed by atoms with van der Waals surface area (Å²) in [6.07, 6.45) is 3.33. The Morgan fingerprint density at radius 1 is 1.17 bits per heavy atom. The average Bonchev–Trinajstić information content (AvgIpc) is 3.33. The molecule has 152 valence electrons. The lowest BCUT2D eigenvalue weighted by Gasteiger charge is -2.07. The molecule has 1 aliphatic rings. The Kier molecular flexibility index (Phi) is 5.63. The van der Waals surface area contributed by atoms with Gasteiger partial charge in [0.05, 0.1) is 18.4 Å². The molecule has 0 aliphatic heterocycles. The van der Waals surface area contributed by atoms with Crippen molar-refractivity contribution in [3.63, 3.8) is 0 Å². The molecule has 0 radical (unpaired) electrons. The molecule has 1 N–H and O–H groups in total. The van der Waals surface area contributed by atoms with Gasteiger partial charge in [-0.05, 0) is 51.2 Å². The van der Waals surface area contributed by atoms with E-state index < -0.39 is 5.97 Å². The third-order valence-electron chi connectivity index (χ3n) is 5.01. The standard InChI is InChI=1S/C20H21N3O3S3/c1-9-10(2)28-18(15(9)20(25)26-4)23-14(24)8-27-17-16-12-6-5-7-13(12)29-19(16)22-11(3)21-17/h5-8H2,1-4H3,(H,23,24). The van der Waals surface area contributed by atoms with Crippen molar-refractivity contribution in [1.29, 1.82) is 0 Å². The first kappa shape index (κ1) is 20.3. The van der Waals surface area contributed by atoms with Crippen LogP contribution in [0.2, 0.25) is 0 Å². The summed E-state index contributed by atoms with van der Waals surface area (Å²) in [6, 6.07) is 0. The number of rotatable bonds is 5. The van der Waals surface area contributed by atoms with E-state index in [1.54, 1.807) is 11.3 Å². The van der Waals surface area contributed by atoms with Gasteiger partial charge in [-0.25, -0.2) is 14.8 Å². The first-order valence-electron chi connectivity index (χ1n) is 9.29. The minimum Gasteiger partial charge on any atom is -0.465 e. The van der Waals surface area contributed by atoms with E-state index >= 15 is 0 Å². The van der Waals surface area contributed by atoms with E-state index in [9.17, 15) is 9.59 Å². The molecule has 0 saturated carbocycles. The van der Waals surface area contributed by atoms with Crippen molar-refractivity contribution in [2.75, 3.05) is 18.2 Å². The van der Waals surface area contributed by atoms with Gasteiger partial charge < -0.3 is 10.1 Å². The van der Waals surface area contributed by atoms with Crippen molar-refractivity contribution in [3.05, 3.63) is 32.3 Å². The molecule has 29 heavy (non-hydrogen) atoms. The second kappa shape index (κ2) is 8.04. The first-order valence-corrected chi connectivity index (χ1v) is 11.9. The largest absolute Gasteiger partial charge is 0.465 e. The quantitative estimate of drug-likeness (QED) is 0.347. The molecule has 0 spiro atoms. The predicted molar refractivity (Wildman–Crippen MR) is 119 cm³/mol. The number of carbonyl (C=O) groups is 2. The van der Waals surface area contributed by atoms with Crippen LogP contribution in [0.15, 0.2) is 5.03 Å². The molecule has 0 bridgehead atoms. The fourth-order valence-corrected chi connectivity index (χ4v) is 6.86. The van der Waals surface area contributed by atoms with Crippen LogP contribution in [-0.2, 0) is 22.4 Å². The van der Waals surface area contributed by atoms with Gasteiger partial charge in [-0.1, -0.05) is 11.8 Å². The number of nitrogens with zero attached hydrogens (tertiary/aromatic N) is 2. The molecule has 0 atom stereocenters. The minimum absolute atomic E-state index is 0.169. The Morgan fingerprint density at radius 2 is 1.97 bits per heavy atom. The van der Waals surface area contributed by atoms with Crippen molar-refractivity contribution in [2.45, 2.75) is 45.1 Å². The summed E-state index contributed by atoms with van der Waals surface area (Å²) in [5.74, 6) is 0.333. The zero-order chi connectivity index (χ0) is 20.7. The molecule has 3 aromatic rings. The Morgan fingerprint density at radius 3 is 2.72 bits per heavy atom. The van der Waals surface area contributed by atoms with Gasteiger partial charge in [0, 0.05) is 15.1 Å². The molecular formula is C20H21N3O3S3. The average molecular weight is 448 g/mol. The van der Waals surface area contributed by atoms with Crippen molar-refractivity contribution in [3.8, 4) is 0 Å².